The molecule has 6 nitrogen and oxygen atoms in total. The topological polar surface area (TPSA) is 85.2 Å². The van der Waals surface area contributed by atoms with Crippen LogP contribution in [-0.4, -0.2) is 29.4 Å². The minimum absolute atomic E-state index is 0.199. The lowest BCUT2D eigenvalue weighted by Gasteiger charge is -2.30. The summed E-state index contributed by atoms with van der Waals surface area (Å²) in [5.41, 5.74) is 6.52. The van der Waals surface area contributed by atoms with Gasteiger partial charge in [-0.05, 0) is 77.1 Å². The summed E-state index contributed by atoms with van der Waals surface area (Å²) in [4.78, 5) is 11.0. The predicted molar refractivity (Wildman–Crippen MR) is 149 cm³/mol. The molecule has 2 atom stereocenters. The number of hydrogen-bond acceptors (Lipinski definition) is 5. The highest BCUT2D eigenvalue weighted by Gasteiger charge is 2.37. The van der Waals surface area contributed by atoms with Crippen LogP contribution in [-0.2, 0) is 26.7 Å². The number of aliphatic hydroxyl groups is 1. The smallest absolute Gasteiger partial charge is 0.306 e. The Hall–Kier alpha value is -3.19. The zero-order valence-corrected chi connectivity index (χ0v) is 23.0. The van der Waals surface area contributed by atoms with Crippen LogP contribution in [0.5, 0.6) is 5.75 Å². The lowest BCUT2D eigenvalue weighted by atomic mass is 9.75. The van der Waals surface area contributed by atoms with E-state index in [1.54, 1.807) is 18.2 Å². The Morgan fingerprint density at radius 2 is 1.79 bits per heavy atom. The summed E-state index contributed by atoms with van der Waals surface area (Å²) in [6.45, 7) is 8.28. The SMILES string of the molecule is CC1(c2cccc(-c3ccc(COc4cccc([C@H](O)CC(=O)O)c4)cc3[C@@H]3CCCC3(C)C)c2)OCCO1. The lowest BCUT2D eigenvalue weighted by Crippen LogP contribution is -2.22. The van der Waals surface area contributed by atoms with E-state index in [-0.39, 0.29) is 11.8 Å². The van der Waals surface area contributed by atoms with Gasteiger partial charge in [-0.1, -0.05) is 68.8 Å². The molecular formula is C33H38O6. The van der Waals surface area contributed by atoms with Gasteiger partial charge in [0, 0.05) is 5.56 Å². The van der Waals surface area contributed by atoms with E-state index in [0.717, 1.165) is 23.1 Å². The zero-order chi connectivity index (χ0) is 27.6. The number of aliphatic carboxylic acids is 1. The second-order valence-corrected chi connectivity index (χ2v) is 11.6. The van der Waals surface area contributed by atoms with Crippen molar-refractivity contribution in [1.82, 2.24) is 0 Å². The first-order valence-electron chi connectivity index (χ1n) is 13.8. The number of benzene rings is 3. The Morgan fingerprint density at radius 1 is 1.03 bits per heavy atom. The van der Waals surface area contributed by atoms with E-state index in [1.807, 2.05) is 13.0 Å². The van der Waals surface area contributed by atoms with E-state index in [1.165, 1.54) is 24.0 Å². The minimum atomic E-state index is -1.07. The number of aliphatic hydroxyl groups excluding tert-OH is 1. The van der Waals surface area contributed by atoms with E-state index in [0.29, 0.717) is 37.1 Å². The Balaban J connectivity index is 1.44. The second-order valence-electron chi connectivity index (χ2n) is 11.6. The summed E-state index contributed by atoms with van der Waals surface area (Å²) in [5.74, 6) is -0.732. The quantitative estimate of drug-likeness (QED) is 0.311. The Labute approximate surface area is 230 Å². The highest BCUT2D eigenvalue weighted by atomic mass is 16.7. The van der Waals surface area contributed by atoms with Crippen LogP contribution in [0.3, 0.4) is 0 Å². The number of rotatable bonds is 9. The average molecular weight is 531 g/mol. The molecule has 1 saturated carbocycles. The van der Waals surface area contributed by atoms with Crippen LogP contribution in [0.15, 0.2) is 66.7 Å². The molecule has 0 aromatic heterocycles. The van der Waals surface area contributed by atoms with Gasteiger partial charge in [0.2, 0.25) is 0 Å². The van der Waals surface area contributed by atoms with E-state index in [4.69, 9.17) is 19.3 Å². The van der Waals surface area contributed by atoms with E-state index in [9.17, 15) is 9.90 Å². The molecule has 3 aromatic rings. The Kier molecular flexibility index (Phi) is 7.81. The predicted octanol–water partition coefficient (Wildman–Crippen LogP) is 6.95. The maximum absolute atomic E-state index is 11.0. The fraction of sp³-hybridized carbons (Fsp3) is 0.424. The molecule has 2 N–H and O–H groups in total. The van der Waals surface area contributed by atoms with Crippen molar-refractivity contribution in [2.75, 3.05) is 13.2 Å². The molecule has 6 heteroatoms. The first kappa shape index (κ1) is 27.4. The van der Waals surface area contributed by atoms with Gasteiger partial charge in [-0.2, -0.15) is 0 Å². The zero-order valence-electron chi connectivity index (χ0n) is 23.0. The van der Waals surface area contributed by atoms with E-state index in [2.05, 4.69) is 56.3 Å². The van der Waals surface area contributed by atoms with Crippen molar-refractivity contribution in [1.29, 1.82) is 0 Å². The molecule has 2 aliphatic rings. The third kappa shape index (κ3) is 6.03. The van der Waals surface area contributed by atoms with Crippen molar-refractivity contribution in [2.45, 2.75) is 70.9 Å². The Bertz CT molecular complexity index is 1320. The second kappa shape index (κ2) is 11.1. The van der Waals surface area contributed by atoms with Crippen molar-refractivity contribution < 1.29 is 29.2 Å². The van der Waals surface area contributed by atoms with Crippen molar-refractivity contribution in [3.05, 3.63) is 89.0 Å². The molecule has 206 valence electrons. The van der Waals surface area contributed by atoms with Gasteiger partial charge >= 0.3 is 5.97 Å². The molecular weight excluding hydrogens is 492 g/mol. The van der Waals surface area contributed by atoms with Crippen molar-refractivity contribution in [2.24, 2.45) is 5.41 Å². The largest absolute Gasteiger partial charge is 0.489 e. The van der Waals surface area contributed by atoms with Crippen LogP contribution in [0.2, 0.25) is 0 Å². The summed E-state index contributed by atoms with van der Waals surface area (Å²) in [5, 5.41) is 19.2. The molecule has 5 rings (SSSR count). The number of ether oxygens (including phenoxy) is 3. The van der Waals surface area contributed by atoms with Crippen molar-refractivity contribution in [3.8, 4) is 16.9 Å². The van der Waals surface area contributed by atoms with Crippen LogP contribution >= 0.6 is 0 Å². The maximum atomic E-state index is 11.0. The Morgan fingerprint density at radius 3 is 2.51 bits per heavy atom. The summed E-state index contributed by atoms with van der Waals surface area (Å²) >= 11 is 0. The third-order valence-electron chi connectivity index (χ3n) is 8.30. The molecule has 0 radical (unpaired) electrons. The summed E-state index contributed by atoms with van der Waals surface area (Å²) in [6.07, 6.45) is 2.15. The highest BCUT2D eigenvalue weighted by Crippen LogP contribution is 2.51. The number of hydrogen-bond donors (Lipinski definition) is 2. The van der Waals surface area contributed by atoms with Gasteiger partial charge < -0.3 is 24.4 Å². The molecule has 0 bridgehead atoms. The van der Waals surface area contributed by atoms with Gasteiger partial charge in [0.1, 0.15) is 12.4 Å². The van der Waals surface area contributed by atoms with Gasteiger partial charge in [-0.15, -0.1) is 0 Å². The van der Waals surface area contributed by atoms with Crippen LogP contribution in [0, 0.1) is 5.41 Å². The normalized spacial score (nSPS) is 20.6. The monoisotopic (exact) mass is 530 g/mol. The first-order chi connectivity index (χ1) is 18.6. The molecule has 0 amide bonds. The molecule has 1 aliphatic heterocycles. The number of carboxylic acid groups (broad SMARTS) is 1. The van der Waals surface area contributed by atoms with E-state index < -0.39 is 17.9 Å². The lowest BCUT2D eigenvalue weighted by molar-refractivity contribution is -0.149. The van der Waals surface area contributed by atoms with Gasteiger partial charge in [0.15, 0.2) is 5.79 Å². The van der Waals surface area contributed by atoms with Gasteiger partial charge in [-0.25, -0.2) is 0 Å². The molecule has 39 heavy (non-hydrogen) atoms. The summed E-state index contributed by atoms with van der Waals surface area (Å²) in [7, 11) is 0. The van der Waals surface area contributed by atoms with Crippen molar-refractivity contribution in [3.63, 3.8) is 0 Å². The van der Waals surface area contributed by atoms with Crippen LogP contribution < -0.4 is 4.74 Å². The third-order valence-corrected chi connectivity index (χ3v) is 8.30. The standard InChI is InChI=1S/C33H38O6/c1-32(2)14-6-11-29(32)28-17-22(21-37-26-10-5-8-24(19-26)30(34)20-31(35)36)12-13-27(28)23-7-4-9-25(18-23)33(3)38-15-16-39-33/h4-5,7-10,12-13,17-19,29-30,34H,6,11,14-16,20-21H2,1-3H3,(H,35,36)/t29-,30+/m0/s1. The van der Waals surface area contributed by atoms with E-state index >= 15 is 0 Å². The van der Waals surface area contributed by atoms with Crippen molar-refractivity contribution >= 4 is 5.97 Å². The molecule has 1 aliphatic carbocycles. The van der Waals surface area contributed by atoms with Crippen LogP contribution in [0.4, 0.5) is 0 Å². The summed E-state index contributed by atoms with van der Waals surface area (Å²) < 4.78 is 18.0. The van der Waals surface area contributed by atoms with Crippen LogP contribution in [0.1, 0.15) is 80.7 Å². The first-order valence-corrected chi connectivity index (χ1v) is 13.8. The average Bonchev–Trinajstić information content (AvgIpc) is 3.52. The van der Waals surface area contributed by atoms with Gasteiger partial charge in [0.05, 0.1) is 25.7 Å². The number of carbonyl (C=O) groups is 1. The molecule has 3 aromatic carbocycles. The molecule has 0 spiro atoms. The maximum Gasteiger partial charge on any atom is 0.306 e. The summed E-state index contributed by atoms with van der Waals surface area (Å²) in [6, 6.07) is 22.1. The fourth-order valence-corrected chi connectivity index (χ4v) is 6.07. The number of carboxylic acids is 1. The van der Waals surface area contributed by atoms with Gasteiger partial charge in [-0.3, -0.25) is 4.79 Å². The highest BCUT2D eigenvalue weighted by molar-refractivity contribution is 5.70. The van der Waals surface area contributed by atoms with Crippen LogP contribution in [0.25, 0.3) is 11.1 Å². The van der Waals surface area contributed by atoms with Gasteiger partial charge in [0.25, 0.3) is 0 Å². The molecule has 1 heterocycles. The molecule has 1 saturated heterocycles. The molecule has 2 fully saturated rings. The fourth-order valence-electron chi connectivity index (χ4n) is 6.07. The molecule has 0 unspecified atom stereocenters. The minimum Gasteiger partial charge on any atom is -0.489 e.